The van der Waals surface area contributed by atoms with E-state index >= 15 is 0 Å². The minimum absolute atomic E-state index is 0.0875. The number of carbonyl (C=O) groups is 1. The molecule has 1 rings (SSSR count). The Morgan fingerprint density at radius 3 is 2.36 bits per heavy atom. The van der Waals surface area contributed by atoms with Gasteiger partial charge >= 0.3 is 5.97 Å². The predicted molar refractivity (Wildman–Crippen MR) is 53.3 cm³/mol. The summed E-state index contributed by atoms with van der Waals surface area (Å²) in [7, 11) is 0. The Morgan fingerprint density at radius 1 is 1.29 bits per heavy atom. The zero-order chi connectivity index (χ0) is 10.6. The van der Waals surface area contributed by atoms with E-state index in [0.717, 1.165) is 5.56 Å². The van der Waals surface area contributed by atoms with Gasteiger partial charge in [-0.05, 0) is 13.8 Å². The molecule has 3 heteroatoms. The van der Waals surface area contributed by atoms with Crippen molar-refractivity contribution in [2.75, 3.05) is 0 Å². The zero-order valence-electron chi connectivity index (χ0n) is 8.57. The van der Waals surface area contributed by atoms with E-state index in [0.29, 0.717) is 0 Å². The molecule has 0 saturated heterocycles. The van der Waals surface area contributed by atoms with Crippen LogP contribution in [0.25, 0.3) is 0 Å². The van der Waals surface area contributed by atoms with Crippen molar-refractivity contribution in [2.45, 2.75) is 26.0 Å². The van der Waals surface area contributed by atoms with Crippen LogP contribution in [0.15, 0.2) is 30.3 Å². The number of hydrogen-bond acceptors (Lipinski definition) is 2. The van der Waals surface area contributed by atoms with Gasteiger partial charge in [0.15, 0.2) is 0 Å². The third kappa shape index (κ3) is 2.85. The van der Waals surface area contributed by atoms with Crippen molar-refractivity contribution in [3.05, 3.63) is 35.9 Å². The smallest absolute Gasteiger partial charge is 0.369 e. The Morgan fingerprint density at radius 2 is 1.86 bits per heavy atom. The summed E-state index contributed by atoms with van der Waals surface area (Å²) in [6, 6.07) is 8.99. The van der Waals surface area contributed by atoms with Crippen LogP contribution in [0.2, 0.25) is 0 Å². The number of rotatable bonds is 3. The third-order valence-corrected chi connectivity index (χ3v) is 1.84. The van der Waals surface area contributed by atoms with Crippen molar-refractivity contribution in [1.29, 1.82) is 0 Å². The fourth-order valence-corrected chi connectivity index (χ4v) is 1.14. The molecule has 0 aliphatic carbocycles. The molecule has 0 fully saturated rings. The minimum atomic E-state index is -0.432. The van der Waals surface area contributed by atoms with Crippen molar-refractivity contribution in [2.24, 2.45) is 0 Å². The maximum Gasteiger partial charge on any atom is 0.369 e. The molecule has 0 saturated carbocycles. The van der Waals surface area contributed by atoms with E-state index in [1.807, 2.05) is 44.2 Å². The molecule has 1 aromatic carbocycles. The molecule has 3 nitrogen and oxygen atoms in total. The second-order valence-electron chi connectivity index (χ2n) is 3.45. The van der Waals surface area contributed by atoms with Gasteiger partial charge in [0, 0.05) is 5.56 Å². The molecule has 0 aliphatic heterocycles. The molecule has 0 unspecified atom stereocenters. The minimum Gasteiger partial charge on any atom is -0.458 e. The maximum absolute atomic E-state index is 11.5. The molecule has 14 heavy (non-hydrogen) atoms. The van der Waals surface area contributed by atoms with E-state index in [-0.39, 0.29) is 12.1 Å². The average Bonchev–Trinajstić information content (AvgIpc) is 2.17. The Hall–Kier alpha value is -1.35. The van der Waals surface area contributed by atoms with Crippen molar-refractivity contribution in [3.8, 4) is 0 Å². The number of benzene rings is 1. The Kier molecular flexibility index (Phi) is 3.65. The zero-order valence-corrected chi connectivity index (χ0v) is 8.57. The van der Waals surface area contributed by atoms with E-state index in [2.05, 4.69) is 5.73 Å². The van der Waals surface area contributed by atoms with Crippen molar-refractivity contribution < 1.29 is 15.3 Å². The molecule has 0 heterocycles. The first-order chi connectivity index (χ1) is 6.61. The average molecular weight is 194 g/mol. The van der Waals surface area contributed by atoms with Crippen molar-refractivity contribution in [1.82, 2.24) is 0 Å². The van der Waals surface area contributed by atoms with Gasteiger partial charge in [0.1, 0.15) is 0 Å². The lowest BCUT2D eigenvalue weighted by atomic mass is 10.1. The van der Waals surface area contributed by atoms with Crippen LogP contribution in [-0.4, -0.2) is 12.1 Å². The van der Waals surface area contributed by atoms with Gasteiger partial charge in [-0.2, -0.15) is 0 Å². The van der Waals surface area contributed by atoms with Crippen molar-refractivity contribution in [3.63, 3.8) is 0 Å². The Labute approximate surface area is 83.9 Å². The van der Waals surface area contributed by atoms with E-state index < -0.39 is 6.04 Å². The van der Waals surface area contributed by atoms with Crippen LogP contribution in [0, 0.1) is 0 Å². The molecule has 3 N–H and O–H groups in total. The van der Waals surface area contributed by atoms with Gasteiger partial charge in [0.05, 0.1) is 6.10 Å². The summed E-state index contributed by atoms with van der Waals surface area (Å²) in [5.74, 6) is -0.272. The molecule has 0 amide bonds. The predicted octanol–water partition coefficient (Wildman–Crippen LogP) is 0.921. The highest BCUT2D eigenvalue weighted by Crippen LogP contribution is 2.09. The molecule has 1 atom stereocenters. The monoisotopic (exact) mass is 194 g/mol. The first kappa shape index (κ1) is 10.7. The number of ether oxygens (including phenoxy) is 1. The van der Waals surface area contributed by atoms with Gasteiger partial charge in [0.25, 0.3) is 0 Å². The first-order valence-corrected chi connectivity index (χ1v) is 4.69. The van der Waals surface area contributed by atoms with Crippen LogP contribution >= 0.6 is 0 Å². The first-order valence-electron chi connectivity index (χ1n) is 4.69. The summed E-state index contributed by atoms with van der Waals surface area (Å²) in [6.07, 6.45) is -0.0875. The molecular weight excluding hydrogens is 178 g/mol. The third-order valence-electron chi connectivity index (χ3n) is 1.84. The number of hydrogen-bond donors (Lipinski definition) is 1. The van der Waals surface area contributed by atoms with Gasteiger partial charge in [-0.3, -0.25) is 0 Å². The van der Waals surface area contributed by atoms with Crippen LogP contribution in [0.4, 0.5) is 0 Å². The quantitative estimate of drug-likeness (QED) is 0.727. The molecule has 0 spiro atoms. The lowest BCUT2D eigenvalue weighted by Gasteiger charge is -2.11. The fourth-order valence-electron chi connectivity index (χ4n) is 1.14. The highest BCUT2D eigenvalue weighted by molar-refractivity contribution is 5.75. The topological polar surface area (TPSA) is 53.9 Å². The van der Waals surface area contributed by atoms with Crippen LogP contribution in [-0.2, 0) is 9.53 Å². The largest absolute Gasteiger partial charge is 0.458 e. The fraction of sp³-hybridized carbons (Fsp3) is 0.364. The number of quaternary nitrogens is 1. The molecule has 0 bridgehead atoms. The summed E-state index contributed by atoms with van der Waals surface area (Å²) in [4.78, 5) is 11.5. The summed E-state index contributed by atoms with van der Waals surface area (Å²) in [6.45, 7) is 3.66. The second kappa shape index (κ2) is 4.77. The lowest BCUT2D eigenvalue weighted by molar-refractivity contribution is -0.415. The number of carbonyl (C=O) groups excluding carboxylic acids is 1. The Balaban J connectivity index is 2.66. The van der Waals surface area contributed by atoms with Gasteiger partial charge in [-0.1, -0.05) is 30.3 Å². The highest BCUT2D eigenvalue weighted by atomic mass is 16.5. The van der Waals surface area contributed by atoms with Crippen LogP contribution in [0.1, 0.15) is 25.5 Å². The van der Waals surface area contributed by atoms with E-state index in [9.17, 15) is 4.79 Å². The summed E-state index contributed by atoms with van der Waals surface area (Å²) in [5.41, 5.74) is 4.67. The van der Waals surface area contributed by atoms with Gasteiger partial charge < -0.3 is 10.5 Å². The van der Waals surface area contributed by atoms with E-state index in [4.69, 9.17) is 4.74 Å². The standard InChI is InChI=1S/C11H15NO2/c1-8(2)14-11(13)10(12)9-6-4-3-5-7-9/h3-8,10H,12H2,1-2H3/p+1/t10-/m0/s1. The lowest BCUT2D eigenvalue weighted by Crippen LogP contribution is -2.58. The molecule has 0 radical (unpaired) electrons. The normalized spacial score (nSPS) is 12.6. The van der Waals surface area contributed by atoms with Crippen molar-refractivity contribution >= 4 is 5.97 Å². The van der Waals surface area contributed by atoms with Gasteiger partial charge in [-0.25, -0.2) is 4.79 Å². The highest BCUT2D eigenvalue weighted by Gasteiger charge is 2.21. The molecule has 76 valence electrons. The summed E-state index contributed by atoms with van der Waals surface area (Å²) in [5, 5.41) is 0. The molecule has 0 aromatic heterocycles. The molecule has 0 aliphatic rings. The second-order valence-corrected chi connectivity index (χ2v) is 3.45. The summed E-state index contributed by atoms with van der Waals surface area (Å²) < 4.78 is 5.06. The van der Waals surface area contributed by atoms with E-state index in [1.54, 1.807) is 0 Å². The number of esters is 1. The van der Waals surface area contributed by atoms with Crippen LogP contribution in [0.3, 0.4) is 0 Å². The van der Waals surface area contributed by atoms with E-state index in [1.165, 1.54) is 0 Å². The van der Waals surface area contributed by atoms with Crippen LogP contribution in [0.5, 0.6) is 0 Å². The Bertz CT molecular complexity index is 295. The van der Waals surface area contributed by atoms with Gasteiger partial charge in [0.2, 0.25) is 6.04 Å². The summed E-state index contributed by atoms with van der Waals surface area (Å²) >= 11 is 0. The maximum atomic E-state index is 11.5. The molecular formula is C11H16NO2+. The SMILES string of the molecule is CC(C)OC(=O)[C@@H]([NH3+])c1ccccc1. The van der Waals surface area contributed by atoms with Crippen LogP contribution < -0.4 is 5.73 Å². The molecule has 1 aromatic rings. The van der Waals surface area contributed by atoms with Gasteiger partial charge in [-0.15, -0.1) is 0 Å².